The first-order chi connectivity index (χ1) is 16.5. The molecule has 0 bridgehead atoms. The topological polar surface area (TPSA) is 91.4 Å². The minimum Gasteiger partial charge on any atom is -0.493 e. The van der Waals surface area contributed by atoms with E-state index in [1.54, 1.807) is 19.4 Å². The van der Waals surface area contributed by atoms with E-state index in [0.717, 1.165) is 33.8 Å². The van der Waals surface area contributed by atoms with Gasteiger partial charge in [-0.2, -0.15) is 5.10 Å². The number of hydrogen-bond acceptors (Lipinski definition) is 6. The lowest BCUT2D eigenvalue weighted by molar-refractivity contribution is -0.111. The predicted octanol–water partition coefficient (Wildman–Crippen LogP) is 4.78. The molecule has 2 aromatic heterocycles. The van der Waals surface area contributed by atoms with Gasteiger partial charge in [-0.1, -0.05) is 29.4 Å². The molecule has 2 aromatic carbocycles. The number of anilines is 1. The minimum atomic E-state index is -0.231. The van der Waals surface area contributed by atoms with Crippen LogP contribution < -0.4 is 14.8 Å². The van der Waals surface area contributed by atoms with Gasteiger partial charge in [-0.25, -0.2) is 0 Å². The Labute approximate surface area is 197 Å². The van der Waals surface area contributed by atoms with E-state index in [9.17, 15) is 4.79 Å². The first kappa shape index (κ1) is 22.8. The number of carbonyl (C=O) groups excluding carboxylic acids is 1. The van der Waals surface area contributed by atoms with E-state index in [0.29, 0.717) is 24.7 Å². The van der Waals surface area contributed by atoms with Gasteiger partial charge in [-0.15, -0.1) is 0 Å². The summed E-state index contributed by atoms with van der Waals surface area (Å²) >= 11 is 0. The second kappa shape index (κ2) is 10.5. The third-order valence-electron chi connectivity index (χ3n) is 5.33. The van der Waals surface area contributed by atoms with Gasteiger partial charge in [0, 0.05) is 24.2 Å². The number of methoxy groups -OCH3 is 1. The van der Waals surface area contributed by atoms with Crippen molar-refractivity contribution in [3.8, 4) is 11.5 Å². The molecule has 0 unspecified atom stereocenters. The van der Waals surface area contributed by atoms with Gasteiger partial charge in [0.05, 0.1) is 24.9 Å². The highest BCUT2D eigenvalue weighted by Gasteiger charge is 2.12. The molecular formula is C26H26N4O4. The normalized spacial score (nSPS) is 11.0. The Balaban J connectivity index is 1.41. The molecule has 34 heavy (non-hydrogen) atoms. The molecule has 4 rings (SSSR count). The fourth-order valence-electron chi connectivity index (χ4n) is 3.46. The highest BCUT2D eigenvalue weighted by molar-refractivity contribution is 6.02. The van der Waals surface area contributed by atoms with E-state index < -0.39 is 0 Å². The van der Waals surface area contributed by atoms with Gasteiger partial charge < -0.3 is 19.3 Å². The largest absolute Gasteiger partial charge is 0.493 e. The van der Waals surface area contributed by atoms with Crippen LogP contribution in [0.5, 0.6) is 11.5 Å². The monoisotopic (exact) mass is 458 g/mol. The summed E-state index contributed by atoms with van der Waals surface area (Å²) in [7, 11) is 1.58. The van der Waals surface area contributed by atoms with Crippen LogP contribution in [-0.2, 0) is 17.9 Å². The third-order valence-corrected chi connectivity index (χ3v) is 5.33. The van der Waals surface area contributed by atoms with Crippen molar-refractivity contribution in [2.75, 3.05) is 12.4 Å². The molecule has 0 saturated carbocycles. The van der Waals surface area contributed by atoms with E-state index >= 15 is 0 Å². The maximum Gasteiger partial charge on any atom is 0.248 e. The zero-order chi connectivity index (χ0) is 23.9. The van der Waals surface area contributed by atoms with Crippen molar-refractivity contribution >= 4 is 17.7 Å². The number of amides is 1. The molecule has 0 radical (unpaired) electrons. The van der Waals surface area contributed by atoms with Crippen LogP contribution in [0.4, 0.5) is 5.69 Å². The maximum atomic E-state index is 12.6. The molecule has 0 fully saturated rings. The highest BCUT2D eigenvalue weighted by atomic mass is 16.5. The number of benzene rings is 2. The molecular weight excluding hydrogens is 432 g/mol. The van der Waals surface area contributed by atoms with Crippen molar-refractivity contribution in [3.63, 3.8) is 0 Å². The quantitative estimate of drug-likeness (QED) is 0.363. The molecule has 0 spiro atoms. The van der Waals surface area contributed by atoms with Crippen molar-refractivity contribution in [1.29, 1.82) is 0 Å². The number of ether oxygens (including phenoxy) is 2. The first-order valence-electron chi connectivity index (χ1n) is 10.8. The number of aryl methyl sites for hydroxylation is 2. The number of nitrogens with one attached hydrogen (secondary N) is 1. The van der Waals surface area contributed by atoms with E-state index in [-0.39, 0.29) is 5.91 Å². The Bertz CT molecular complexity index is 1270. The predicted molar refractivity (Wildman–Crippen MR) is 129 cm³/mol. The zero-order valence-corrected chi connectivity index (χ0v) is 19.3. The van der Waals surface area contributed by atoms with Gasteiger partial charge in [-0.3, -0.25) is 9.48 Å². The second-order valence-corrected chi connectivity index (χ2v) is 7.69. The molecule has 0 aliphatic heterocycles. The molecule has 4 aromatic rings. The van der Waals surface area contributed by atoms with Crippen LogP contribution in [0.15, 0.2) is 71.5 Å². The first-order valence-corrected chi connectivity index (χ1v) is 10.8. The average Bonchev–Trinajstić information content (AvgIpc) is 3.47. The Hall–Kier alpha value is -4.33. The summed E-state index contributed by atoms with van der Waals surface area (Å²) in [6.07, 6.45) is 6.83. The van der Waals surface area contributed by atoms with Crippen molar-refractivity contribution < 1.29 is 18.8 Å². The van der Waals surface area contributed by atoms with Gasteiger partial charge >= 0.3 is 0 Å². The van der Waals surface area contributed by atoms with Crippen LogP contribution in [0.1, 0.15) is 28.1 Å². The summed E-state index contributed by atoms with van der Waals surface area (Å²) in [6.45, 7) is 4.62. The van der Waals surface area contributed by atoms with E-state index in [4.69, 9.17) is 14.0 Å². The summed E-state index contributed by atoms with van der Waals surface area (Å²) < 4.78 is 18.4. The number of carbonyl (C=O) groups is 1. The second-order valence-electron chi connectivity index (χ2n) is 7.69. The molecule has 0 aliphatic rings. The fraction of sp³-hybridized carbons (Fsp3) is 0.192. The van der Waals surface area contributed by atoms with Gasteiger partial charge in [0.1, 0.15) is 12.4 Å². The van der Waals surface area contributed by atoms with Crippen LogP contribution in [0.3, 0.4) is 0 Å². The molecule has 174 valence electrons. The Kier molecular flexibility index (Phi) is 7.07. The van der Waals surface area contributed by atoms with E-state index in [2.05, 4.69) is 15.6 Å². The molecule has 1 amide bonds. The molecule has 2 heterocycles. The molecule has 0 saturated heterocycles. The van der Waals surface area contributed by atoms with Gasteiger partial charge in [0.25, 0.3) is 0 Å². The highest BCUT2D eigenvalue weighted by Crippen LogP contribution is 2.30. The Morgan fingerprint density at radius 1 is 1.15 bits per heavy atom. The SMILES string of the molecule is COc1cc(C=CC(=O)Nc2ccccc2Cn2cccn2)ccc1OCc1c(C)noc1C. The number of hydrogen-bond donors (Lipinski definition) is 1. The molecule has 1 N–H and O–H groups in total. The van der Waals surface area contributed by atoms with Crippen LogP contribution in [0.2, 0.25) is 0 Å². The van der Waals surface area contributed by atoms with Gasteiger partial charge in [0.2, 0.25) is 5.91 Å². The van der Waals surface area contributed by atoms with E-state index in [1.165, 1.54) is 6.08 Å². The molecule has 8 heteroatoms. The average molecular weight is 459 g/mol. The maximum absolute atomic E-state index is 12.6. The lowest BCUT2D eigenvalue weighted by atomic mass is 10.1. The fourth-order valence-corrected chi connectivity index (χ4v) is 3.46. The smallest absolute Gasteiger partial charge is 0.248 e. The summed E-state index contributed by atoms with van der Waals surface area (Å²) in [5.74, 6) is 1.66. The zero-order valence-electron chi connectivity index (χ0n) is 19.3. The summed E-state index contributed by atoms with van der Waals surface area (Å²) in [4.78, 5) is 12.6. The number of para-hydroxylation sites is 1. The molecule has 0 atom stereocenters. The van der Waals surface area contributed by atoms with Crippen molar-refractivity contribution in [1.82, 2.24) is 14.9 Å². The standard InChI is InChI=1S/C26H26N4O4/c1-18-22(19(2)34-29-18)17-33-24-11-9-20(15-25(24)32-3)10-12-26(31)28-23-8-5-4-7-21(23)16-30-14-6-13-27-30/h4-15H,16-17H2,1-3H3,(H,28,31). The van der Waals surface area contributed by atoms with Crippen molar-refractivity contribution in [3.05, 3.63) is 95.1 Å². The summed E-state index contributed by atoms with van der Waals surface area (Å²) in [5, 5.41) is 11.1. The summed E-state index contributed by atoms with van der Waals surface area (Å²) in [6, 6.07) is 15.0. The summed E-state index contributed by atoms with van der Waals surface area (Å²) in [5.41, 5.74) is 4.23. The van der Waals surface area contributed by atoms with Crippen LogP contribution in [-0.4, -0.2) is 28.0 Å². The van der Waals surface area contributed by atoms with Crippen molar-refractivity contribution in [2.24, 2.45) is 0 Å². The van der Waals surface area contributed by atoms with Crippen LogP contribution in [0, 0.1) is 13.8 Å². The van der Waals surface area contributed by atoms with Crippen LogP contribution in [0.25, 0.3) is 6.08 Å². The molecule has 0 aliphatic carbocycles. The van der Waals surface area contributed by atoms with Gasteiger partial charge in [-0.05, 0) is 55.3 Å². The Morgan fingerprint density at radius 2 is 2.00 bits per heavy atom. The Morgan fingerprint density at radius 3 is 2.74 bits per heavy atom. The van der Waals surface area contributed by atoms with Crippen LogP contribution >= 0.6 is 0 Å². The number of aromatic nitrogens is 3. The number of rotatable bonds is 9. The lowest BCUT2D eigenvalue weighted by Crippen LogP contribution is -2.11. The number of nitrogens with zero attached hydrogens (tertiary/aromatic N) is 3. The third kappa shape index (κ3) is 5.53. The van der Waals surface area contributed by atoms with E-state index in [1.807, 2.05) is 73.3 Å². The van der Waals surface area contributed by atoms with Gasteiger partial charge in [0.15, 0.2) is 11.5 Å². The molecule has 8 nitrogen and oxygen atoms in total. The van der Waals surface area contributed by atoms with Crippen molar-refractivity contribution in [2.45, 2.75) is 27.0 Å². The minimum absolute atomic E-state index is 0.231. The lowest BCUT2D eigenvalue weighted by Gasteiger charge is -2.11.